The Bertz CT molecular complexity index is 510. The van der Waals surface area contributed by atoms with Crippen molar-refractivity contribution in [2.24, 2.45) is 0 Å². The highest BCUT2D eigenvalue weighted by atomic mass is 79.9. The molecule has 0 aliphatic carbocycles. The van der Waals surface area contributed by atoms with Gasteiger partial charge in [-0.25, -0.2) is 4.98 Å². The van der Waals surface area contributed by atoms with Crippen molar-refractivity contribution in [3.05, 3.63) is 47.5 Å². The van der Waals surface area contributed by atoms with Crippen molar-refractivity contribution in [1.29, 1.82) is 0 Å². The lowest BCUT2D eigenvalue weighted by Crippen LogP contribution is -2.12. The molecular weight excluding hydrogens is 356 g/mol. The largest absolute Gasteiger partial charge is 0.336 e. The van der Waals surface area contributed by atoms with Gasteiger partial charge < -0.3 is 4.57 Å². The number of imidazole rings is 1. The van der Waals surface area contributed by atoms with Gasteiger partial charge in [-0.15, -0.1) is 11.8 Å². The molecule has 0 N–H and O–H groups in total. The molecule has 120 valence electrons. The number of aromatic nitrogens is 2. The minimum atomic E-state index is 0.608. The van der Waals surface area contributed by atoms with E-state index >= 15 is 0 Å². The number of hydrogen-bond donors (Lipinski definition) is 0. The Hall–Kier alpha value is -0.740. The van der Waals surface area contributed by atoms with Crippen LogP contribution in [0.25, 0.3) is 0 Å². The molecule has 1 heterocycles. The summed E-state index contributed by atoms with van der Waals surface area (Å²) in [7, 11) is 0. The summed E-state index contributed by atoms with van der Waals surface area (Å²) in [5, 5.41) is 0.608. The highest BCUT2D eigenvalue weighted by molar-refractivity contribution is 9.10. The summed E-state index contributed by atoms with van der Waals surface area (Å²) >= 11 is 5.49. The molecule has 0 aliphatic heterocycles. The summed E-state index contributed by atoms with van der Waals surface area (Å²) in [4.78, 5) is 5.51. The first-order chi connectivity index (χ1) is 10.8. The van der Waals surface area contributed by atoms with Crippen LogP contribution < -0.4 is 0 Å². The van der Waals surface area contributed by atoms with Crippen LogP contribution in [0.5, 0.6) is 0 Å². The normalized spacial score (nSPS) is 12.5. The summed E-state index contributed by atoms with van der Waals surface area (Å²) < 4.78 is 3.34. The first kappa shape index (κ1) is 17.6. The van der Waals surface area contributed by atoms with E-state index in [1.54, 1.807) is 0 Å². The minimum absolute atomic E-state index is 0.608. The molecule has 1 aromatic heterocycles. The first-order valence-electron chi connectivity index (χ1n) is 8.16. The topological polar surface area (TPSA) is 17.8 Å². The van der Waals surface area contributed by atoms with Crippen molar-refractivity contribution >= 4 is 27.7 Å². The van der Waals surface area contributed by atoms with Gasteiger partial charge >= 0.3 is 0 Å². The Morgan fingerprint density at radius 3 is 2.59 bits per heavy atom. The lowest BCUT2D eigenvalue weighted by atomic mass is 10.1. The van der Waals surface area contributed by atoms with Crippen LogP contribution in [0.15, 0.2) is 52.4 Å². The molecule has 4 heteroatoms. The van der Waals surface area contributed by atoms with Gasteiger partial charge in [-0.3, -0.25) is 0 Å². The van der Waals surface area contributed by atoms with Gasteiger partial charge in [0.15, 0.2) is 0 Å². The van der Waals surface area contributed by atoms with Crippen LogP contribution in [0.2, 0.25) is 0 Å². The standard InChI is InChI=1S/C18H25BrN2S/c1-2-3-4-5-6-7-18(14-21-13-12-20-15-21)22-17-10-8-16(19)9-11-17/h8-13,15,18H,2-7,14H2,1H3. The fourth-order valence-electron chi connectivity index (χ4n) is 2.50. The molecule has 1 aromatic carbocycles. The van der Waals surface area contributed by atoms with Crippen LogP contribution in [0, 0.1) is 0 Å². The predicted molar refractivity (Wildman–Crippen MR) is 99.4 cm³/mol. The SMILES string of the molecule is CCCCCCCC(Cn1ccnc1)Sc1ccc(Br)cc1. The molecule has 0 saturated heterocycles. The van der Waals surface area contributed by atoms with E-state index in [1.165, 1.54) is 43.4 Å². The molecule has 1 unspecified atom stereocenters. The summed E-state index contributed by atoms with van der Waals surface area (Å²) in [6.45, 7) is 3.31. The number of thioether (sulfide) groups is 1. The Kier molecular flexibility index (Phi) is 8.10. The number of nitrogens with zero attached hydrogens (tertiary/aromatic N) is 2. The smallest absolute Gasteiger partial charge is 0.0946 e. The molecule has 1 atom stereocenters. The molecule has 2 aromatic rings. The quantitative estimate of drug-likeness (QED) is 0.362. The molecule has 0 amide bonds. The van der Waals surface area contributed by atoms with Gasteiger partial charge in [-0.1, -0.05) is 55.0 Å². The van der Waals surface area contributed by atoms with Gasteiger partial charge in [0.05, 0.1) is 6.33 Å². The fourth-order valence-corrected chi connectivity index (χ4v) is 3.97. The average molecular weight is 381 g/mol. The van der Waals surface area contributed by atoms with Gasteiger partial charge in [0.25, 0.3) is 0 Å². The van der Waals surface area contributed by atoms with E-state index in [9.17, 15) is 0 Å². The monoisotopic (exact) mass is 380 g/mol. The number of benzene rings is 1. The summed E-state index contributed by atoms with van der Waals surface area (Å²) in [6, 6.07) is 8.65. The number of halogens is 1. The molecular formula is C18H25BrN2S. The summed E-state index contributed by atoms with van der Waals surface area (Å²) in [5.41, 5.74) is 0. The molecule has 0 radical (unpaired) electrons. The van der Waals surface area contributed by atoms with Crippen molar-refractivity contribution < 1.29 is 0 Å². The van der Waals surface area contributed by atoms with Gasteiger partial charge in [-0.05, 0) is 30.7 Å². The third-order valence-corrected chi connectivity index (χ3v) is 5.51. The molecule has 0 fully saturated rings. The molecule has 2 nitrogen and oxygen atoms in total. The molecule has 0 spiro atoms. The Morgan fingerprint density at radius 1 is 1.14 bits per heavy atom. The van der Waals surface area contributed by atoms with Crippen LogP contribution in [0.1, 0.15) is 45.4 Å². The van der Waals surface area contributed by atoms with Gasteiger partial charge in [0, 0.05) is 33.6 Å². The maximum absolute atomic E-state index is 4.16. The maximum Gasteiger partial charge on any atom is 0.0946 e. The van der Waals surface area contributed by atoms with Crippen molar-refractivity contribution in [2.75, 3.05) is 0 Å². The van der Waals surface area contributed by atoms with E-state index in [0.29, 0.717) is 5.25 Å². The average Bonchev–Trinajstić information content (AvgIpc) is 3.02. The minimum Gasteiger partial charge on any atom is -0.336 e. The zero-order valence-corrected chi connectivity index (χ0v) is 15.7. The van der Waals surface area contributed by atoms with E-state index in [0.717, 1.165) is 11.0 Å². The number of hydrogen-bond acceptors (Lipinski definition) is 2. The van der Waals surface area contributed by atoms with E-state index < -0.39 is 0 Å². The lowest BCUT2D eigenvalue weighted by Gasteiger charge is -2.17. The molecule has 0 saturated carbocycles. The third-order valence-electron chi connectivity index (χ3n) is 3.72. The highest BCUT2D eigenvalue weighted by Crippen LogP contribution is 2.29. The summed E-state index contributed by atoms with van der Waals surface area (Å²) in [6.07, 6.45) is 13.8. The van der Waals surface area contributed by atoms with Crippen LogP contribution in [-0.4, -0.2) is 14.8 Å². The molecule has 22 heavy (non-hydrogen) atoms. The second kappa shape index (κ2) is 10.1. The van der Waals surface area contributed by atoms with Crippen LogP contribution in [0.3, 0.4) is 0 Å². The van der Waals surface area contributed by atoms with Crippen molar-refractivity contribution in [1.82, 2.24) is 9.55 Å². The van der Waals surface area contributed by atoms with Crippen LogP contribution in [0.4, 0.5) is 0 Å². The Labute approximate surface area is 146 Å². The highest BCUT2D eigenvalue weighted by Gasteiger charge is 2.11. The van der Waals surface area contributed by atoms with E-state index in [4.69, 9.17) is 0 Å². The predicted octanol–water partition coefficient (Wildman–Crippen LogP) is 6.17. The lowest BCUT2D eigenvalue weighted by molar-refractivity contribution is 0.560. The number of unbranched alkanes of at least 4 members (excludes halogenated alkanes) is 4. The van der Waals surface area contributed by atoms with Crippen LogP contribution >= 0.6 is 27.7 Å². The van der Waals surface area contributed by atoms with Crippen molar-refractivity contribution in [3.63, 3.8) is 0 Å². The first-order valence-corrected chi connectivity index (χ1v) is 9.83. The van der Waals surface area contributed by atoms with Gasteiger partial charge in [0.2, 0.25) is 0 Å². The van der Waals surface area contributed by atoms with E-state index in [2.05, 4.69) is 62.9 Å². The summed E-state index contributed by atoms with van der Waals surface area (Å²) in [5.74, 6) is 0. The second-order valence-electron chi connectivity index (χ2n) is 5.66. The Morgan fingerprint density at radius 2 is 1.91 bits per heavy atom. The van der Waals surface area contributed by atoms with Crippen molar-refractivity contribution in [2.45, 2.75) is 62.1 Å². The zero-order valence-electron chi connectivity index (χ0n) is 13.2. The zero-order chi connectivity index (χ0) is 15.6. The Balaban J connectivity index is 1.87. The van der Waals surface area contributed by atoms with E-state index in [1.807, 2.05) is 24.3 Å². The molecule has 2 rings (SSSR count). The van der Waals surface area contributed by atoms with E-state index in [-0.39, 0.29) is 0 Å². The van der Waals surface area contributed by atoms with Gasteiger partial charge in [-0.2, -0.15) is 0 Å². The third kappa shape index (κ3) is 6.57. The molecule has 0 aliphatic rings. The van der Waals surface area contributed by atoms with Gasteiger partial charge in [0.1, 0.15) is 0 Å². The second-order valence-corrected chi connectivity index (χ2v) is 7.95. The van der Waals surface area contributed by atoms with Crippen LogP contribution in [-0.2, 0) is 6.54 Å². The number of rotatable bonds is 10. The molecule has 0 bridgehead atoms. The fraction of sp³-hybridized carbons (Fsp3) is 0.500. The van der Waals surface area contributed by atoms with Crippen molar-refractivity contribution in [3.8, 4) is 0 Å². The maximum atomic E-state index is 4.16.